The SMILES string of the molecule is CC#Cc1cn(C(C)(C)C)c(=O)c2c(C)cccc12.CC(C)(C)n1ccc2ccccc2c1=O.Cc1ccc2c(=O)n(C(C)(C)C)ccc2c1.O=[N+]([O-])c1ccc2c(ccn2[C@H]2C[C@@H](O)[C@@H](CO)O2)c1.O=[N+]([O-])c1ccn([C@H]2C[C@@H](O)[C@@H](CO)O2)c1. The Kier molecular flexibility index (Phi) is 20.3. The smallest absolute Gasteiger partial charge is 0.286 e. The van der Waals surface area contributed by atoms with Crippen molar-refractivity contribution in [3.8, 4) is 11.8 Å². The van der Waals surface area contributed by atoms with Gasteiger partial charge in [-0.25, -0.2) is 0 Å². The van der Waals surface area contributed by atoms with E-state index in [4.69, 9.17) is 19.7 Å². The summed E-state index contributed by atoms with van der Waals surface area (Å²) in [5.41, 5.74) is 3.55. The average Bonchev–Trinajstić information content (AvgIpc) is 3.64. The van der Waals surface area contributed by atoms with Crippen LogP contribution < -0.4 is 16.7 Å². The third-order valence-corrected chi connectivity index (χ3v) is 14.8. The zero-order chi connectivity index (χ0) is 63.2. The molecule has 0 bridgehead atoms. The van der Waals surface area contributed by atoms with Crippen molar-refractivity contribution in [2.24, 2.45) is 0 Å². The van der Waals surface area contributed by atoms with Crippen LogP contribution in [0.3, 0.4) is 0 Å². The lowest BCUT2D eigenvalue weighted by molar-refractivity contribution is -0.385. The molecule has 7 heterocycles. The summed E-state index contributed by atoms with van der Waals surface area (Å²) in [7, 11) is 0. The first-order chi connectivity index (χ1) is 40.5. The van der Waals surface area contributed by atoms with E-state index in [-0.39, 0.29) is 64.1 Å². The van der Waals surface area contributed by atoms with E-state index in [0.29, 0.717) is 12.8 Å². The Bertz CT molecular complexity index is 4160. The maximum Gasteiger partial charge on any atom is 0.286 e. The fourth-order valence-corrected chi connectivity index (χ4v) is 10.2. The van der Waals surface area contributed by atoms with Crippen LogP contribution >= 0.6 is 0 Å². The Labute approximate surface area is 498 Å². The number of aromatic nitrogens is 5. The first-order valence-corrected chi connectivity index (χ1v) is 28.2. The number of pyridine rings is 3. The molecule has 2 aliphatic heterocycles. The Balaban J connectivity index is 0.000000154. The van der Waals surface area contributed by atoms with E-state index in [1.54, 1.807) is 32.0 Å². The number of ether oxygens (including phenoxy) is 2. The maximum atomic E-state index is 12.7. The quantitative estimate of drug-likeness (QED) is 0.0687. The first-order valence-electron chi connectivity index (χ1n) is 28.2. The molecule has 86 heavy (non-hydrogen) atoms. The largest absolute Gasteiger partial charge is 0.394 e. The average molecular weight is 1180 g/mol. The number of nitrogens with zero attached hydrogens (tertiary/aromatic N) is 7. The zero-order valence-electron chi connectivity index (χ0n) is 50.7. The van der Waals surface area contributed by atoms with Crippen LogP contribution in [-0.2, 0) is 26.1 Å². The van der Waals surface area contributed by atoms with E-state index < -0.39 is 40.5 Å². The molecule has 11 rings (SSSR count). The van der Waals surface area contributed by atoms with Crippen molar-refractivity contribution in [3.63, 3.8) is 0 Å². The number of nitro benzene ring substituents is 1. The van der Waals surface area contributed by atoms with Crippen LogP contribution in [-0.4, -0.2) is 90.7 Å². The number of non-ortho nitro benzene ring substituents is 1. The van der Waals surface area contributed by atoms with Gasteiger partial charge in [-0.1, -0.05) is 60.0 Å². The van der Waals surface area contributed by atoms with E-state index in [1.165, 1.54) is 40.7 Å². The molecule has 0 spiro atoms. The standard InChI is InChI=1S/C17H19NO.C14H17NO.C13H14N2O5.C13H15NO.C9H12N2O5/c1-6-8-13-11-18(17(3,4)5)16(19)15-12(2)9-7-10-14(13)15;1-10-5-6-12-11(9-10)7-8-15(13(12)16)14(2,3)4;16-7-12-11(17)6-13(20-12)14-4-3-8-5-9(15(18)19)1-2-10(8)14;1-13(2,3)14-9-8-10-6-4-5-7-11(10)12(14)15;12-5-8-7(13)3-9(16-8)10-2-1-6(4-10)11(14)15/h7,9-11H,1-5H3;5-9H,1-4H3;1-5,11-13,16-17H,6-7H2;4-9H,1-3H3;1-2,4,7-9,12-13H,3,5H2/t;;11-,12-,13-;;7-,8-,9-/m..1.1/s1. The zero-order valence-corrected chi connectivity index (χ0v) is 50.7. The van der Waals surface area contributed by atoms with E-state index in [1.807, 2.05) is 179 Å². The normalized spacial score (nSPS) is 18.4. The van der Waals surface area contributed by atoms with Crippen molar-refractivity contribution < 1.29 is 39.7 Å². The highest BCUT2D eigenvalue weighted by Crippen LogP contribution is 2.34. The molecule has 454 valence electrons. The summed E-state index contributed by atoms with van der Waals surface area (Å²) >= 11 is 0. The number of rotatable bonds is 6. The van der Waals surface area contributed by atoms with Crippen LogP contribution in [0.5, 0.6) is 0 Å². The van der Waals surface area contributed by atoms with Crippen molar-refractivity contribution in [1.29, 1.82) is 0 Å². The van der Waals surface area contributed by atoms with Crippen molar-refractivity contribution in [1.82, 2.24) is 22.8 Å². The number of nitro groups is 2. The number of hydrogen-bond donors (Lipinski definition) is 4. The minimum atomic E-state index is -0.739. The number of aryl methyl sites for hydroxylation is 2. The van der Waals surface area contributed by atoms with E-state index in [2.05, 4.69) is 11.8 Å². The van der Waals surface area contributed by atoms with Gasteiger partial charge in [-0.15, -0.1) is 5.92 Å². The Hall–Kier alpha value is -8.55. The van der Waals surface area contributed by atoms with Gasteiger partial charge >= 0.3 is 0 Å². The summed E-state index contributed by atoms with van der Waals surface area (Å²) in [4.78, 5) is 57.3. The monoisotopic (exact) mass is 1180 g/mol. The third kappa shape index (κ3) is 14.9. The van der Waals surface area contributed by atoms with Gasteiger partial charge in [-0.3, -0.25) is 34.6 Å². The van der Waals surface area contributed by atoms with Gasteiger partial charge in [0, 0.05) is 106 Å². The fourth-order valence-electron chi connectivity index (χ4n) is 10.2. The highest BCUT2D eigenvalue weighted by atomic mass is 16.6. The van der Waals surface area contributed by atoms with Gasteiger partial charge < -0.3 is 52.7 Å². The summed E-state index contributed by atoms with van der Waals surface area (Å²) in [5, 5.41) is 64.5. The molecule has 0 saturated carbocycles. The highest BCUT2D eigenvalue weighted by molar-refractivity contribution is 5.90. The van der Waals surface area contributed by atoms with Gasteiger partial charge in [0.2, 0.25) is 0 Å². The minimum Gasteiger partial charge on any atom is -0.394 e. The van der Waals surface area contributed by atoms with Crippen LogP contribution in [0.15, 0.2) is 155 Å². The minimum absolute atomic E-state index is 0.0226. The van der Waals surface area contributed by atoms with Crippen molar-refractivity contribution >= 4 is 54.6 Å². The second-order valence-electron chi connectivity index (χ2n) is 24.3. The molecule has 20 nitrogen and oxygen atoms in total. The van der Waals surface area contributed by atoms with Crippen LogP contribution in [0, 0.1) is 45.9 Å². The van der Waals surface area contributed by atoms with Gasteiger partial charge in [0.1, 0.15) is 24.7 Å². The fraction of sp³-hybridized carbons (Fsp3) is 0.379. The van der Waals surface area contributed by atoms with Crippen LogP contribution in [0.4, 0.5) is 11.4 Å². The molecule has 0 aliphatic carbocycles. The Morgan fingerprint density at radius 3 is 1.67 bits per heavy atom. The number of hydrogen-bond acceptors (Lipinski definition) is 13. The van der Waals surface area contributed by atoms with Crippen molar-refractivity contribution in [3.05, 3.63) is 208 Å². The van der Waals surface area contributed by atoms with Crippen LogP contribution in [0.2, 0.25) is 0 Å². The molecule has 0 amide bonds. The molecule has 9 aromatic rings. The second kappa shape index (κ2) is 26.8. The van der Waals surface area contributed by atoms with Gasteiger partial charge in [0.25, 0.3) is 28.1 Å². The Morgan fingerprint density at radius 1 is 0.570 bits per heavy atom. The van der Waals surface area contributed by atoms with Gasteiger partial charge in [-0.2, -0.15) is 0 Å². The lowest BCUT2D eigenvalue weighted by Crippen LogP contribution is -2.34. The third-order valence-electron chi connectivity index (χ3n) is 14.8. The molecule has 4 aromatic carbocycles. The number of benzene rings is 4. The molecular weight excluding hydrogens is 1100 g/mol. The molecule has 0 unspecified atom stereocenters. The highest BCUT2D eigenvalue weighted by Gasteiger charge is 2.36. The van der Waals surface area contributed by atoms with Gasteiger partial charge in [0.05, 0.1) is 52.4 Å². The second-order valence-corrected chi connectivity index (χ2v) is 24.3. The van der Waals surface area contributed by atoms with Crippen molar-refractivity contribution in [2.75, 3.05) is 13.2 Å². The predicted molar refractivity (Wildman–Crippen MR) is 335 cm³/mol. The van der Waals surface area contributed by atoms with Crippen molar-refractivity contribution in [2.45, 2.75) is 149 Å². The number of aliphatic hydroxyl groups is 4. The summed E-state index contributed by atoms with van der Waals surface area (Å²) in [6, 6.07) is 31.3. The molecule has 0 radical (unpaired) electrons. The molecule has 20 heteroatoms. The van der Waals surface area contributed by atoms with Gasteiger partial charge in [-0.05, 0) is 136 Å². The predicted octanol–water partition coefficient (Wildman–Crippen LogP) is 10.5. The molecule has 4 N–H and O–H groups in total. The molecular formula is C66H77N7O13. The van der Waals surface area contributed by atoms with E-state index in [9.17, 15) is 44.8 Å². The molecule has 6 atom stereocenters. The summed E-state index contributed by atoms with van der Waals surface area (Å²) in [6.07, 6.45) is 7.47. The Morgan fingerprint density at radius 2 is 1.12 bits per heavy atom. The molecule has 2 aliphatic rings. The topological polar surface area (TPSA) is 262 Å². The lowest BCUT2D eigenvalue weighted by atomic mass is 10.0. The summed E-state index contributed by atoms with van der Waals surface area (Å²) in [5.74, 6) is 6.04. The lowest BCUT2D eigenvalue weighted by Gasteiger charge is -2.23. The van der Waals surface area contributed by atoms with E-state index >= 15 is 0 Å². The van der Waals surface area contributed by atoms with Crippen LogP contribution in [0.25, 0.3) is 43.2 Å². The number of aliphatic hydroxyl groups excluding tert-OH is 4. The van der Waals surface area contributed by atoms with E-state index in [0.717, 1.165) is 54.3 Å². The summed E-state index contributed by atoms with van der Waals surface area (Å²) < 4.78 is 19.6. The van der Waals surface area contributed by atoms with Crippen LogP contribution in [0.1, 0.15) is 111 Å². The molecule has 2 fully saturated rings. The first kappa shape index (κ1) is 65.0. The van der Waals surface area contributed by atoms with Gasteiger partial charge in [0.15, 0.2) is 0 Å². The maximum absolute atomic E-state index is 12.7. The molecule has 5 aromatic heterocycles. The summed E-state index contributed by atoms with van der Waals surface area (Å²) in [6.45, 7) is 23.6. The number of fused-ring (bicyclic) bond motifs is 4. The molecule has 2 saturated heterocycles.